The third kappa shape index (κ3) is 3.29. The molecule has 0 N–H and O–H groups in total. The molecule has 0 aliphatic carbocycles. The number of nitro groups is 2. The lowest BCUT2D eigenvalue weighted by atomic mass is 9.86. The van der Waals surface area contributed by atoms with Crippen molar-refractivity contribution in [1.82, 2.24) is 5.01 Å². The van der Waals surface area contributed by atoms with Gasteiger partial charge < -0.3 is 0 Å². The number of hydrogen-bond donors (Lipinski definition) is 0. The van der Waals surface area contributed by atoms with Gasteiger partial charge in [-0.2, -0.15) is 5.10 Å². The molecule has 2 amide bonds. The molecule has 3 aliphatic heterocycles. The van der Waals surface area contributed by atoms with Crippen LogP contribution in [0.15, 0.2) is 59.7 Å². The Balaban J connectivity index is 1.57. The molecule has 0 saturated carbocycles. The molecule has 0 bridgehead atoms. The minimum Gasteiger partial charge on any atom is -0.292 e. The van der Waals surface area contributed by atoms with Gasteiger partial charge in [-0.25, -0.2) is 4.90 Å². The maximum absolute atomic E-state index is 13.6. The van der Waals surface area contributed by atoms with Gasteiger partial charge in [0, 0.05) is 36.0 Å². The molecule has 0 radical (unpaired) electrons. The molecule has 0 unspecified atom stereocenters. The molecule has 2 saturated heterocycles. The van der Waals surface area contributed by atoms with Crippen molar-refractivity contribution in [3.63, 3.8) is 0 Å². The number of imide groups is 1. The lowest BCUT2D eigenvalue weighted by Crippen LogP contribution is -2.46. The topological polar surface area (TPSA) is 156 Å². The van der Waals surface area contributed by atoms with Gasteiger partial charge in [0.1, 0.15) is 6.04 Å². The van der Waals surface area contributed by atoms with Gasteiger partial charge in [-0.05, 0) is 24.6 Å². The van der Waals surface area contributed by atoms with Crippen LogP contribution in [0.2, 0.25) is 0 Å². The van der Waals surface area contributed by atoms with E-state index in [4.69, 9.17) is 0 Å². The molecule has 4 atom stereocenters. The number of Topliss-reactive ketones (excluding diaryl/α,β-unsaturated/α-hetero) is 1. The number of anilines is 1. The maximum atomic E-state index is 13.6. The van der Waals surface area contributed by atoms with E-state index in [0.29, 0.717) is 5.56 Å². The van der Waals surface area contributed by atoms with E-state index in [0.717, 1.165) is 11.0 Å². The number of hydrogen-bond acceptors (Lipinski definition) is 9. The number of rotatable bonds is 5. The minimum atomic E-state index is -1.16. The van der Waals surface area contributed by atoms with Crippen molar-refractivity contribution < 1.29 is 24.2 Å². The smallest absolute Gasteiger partial charge is 0.270 e. The number of non-ortho nitro benzene ring substituents is 2. The Labute approximate surface area is 197 Å². The van der Waals surface area contributed by atoms with Crippen molar-refractivity contribution in [2.24, 2.45) is 16.9 Å². The largest absolute Gasteiger partial charge is 0.292 e. The van der Waals surface area contributed by atoms with Crippen LogP contribution in [0.5, 0.6) is 0 Å². The van der Waals surface area contributed by atoms with E-state index in [1.807, 2.05) is 0 Å². The zero-order chi connectivity index (χ0) is 25.0. The second kappa shape index (κ2) is 7.94. The number of hydrazone groups is 1. The van der Waals surface area contributed by atoms with E-state index < -0.39 is 51.4 Å². The highest BCUT2D eigenvalue weighted by Crippen LogP contribution is 2.47. The van der Waals surface area contributed by atoms with E-state index in [2.05, 4.69) is 5.10 Å². The van der Waals surface area contributed by atoms with Crippen molar-refractivity contribution in [3.8, 4) is 0 Å². The lowest BCUT2D eigenvalue weighted by molar-refractivity contribution is -0.385. The van der Waals surface area contributed by atoms with Gasteiger partial charge in [0.2, 0.25) is 11.8 Å². The summed E-state index contributed by atoms with van der Waals surface area (Å²) in [7, 11) is 0. The molecule has 2 fully saturated rings. The Morgan fingerprint density at radius 1 is 0.971 bits per heavy atom. The quantitative estimate of drug-likeness (QED) is 0.276. The first-order valence-electron chi connectivity index (χ1n) is 10.6. The van der Waals surface area contributed by atoms with Crippen LogP contribution in [0.4, 0.5) is 17.1 Å². The van der Waals surface area contributed by atoms with Crippen LogP contribution in [0.25, 0.3) is 0 Å². The predicted molar refractivity (Wildman–Crippen MR) is 122 cm³/mol. The van der Waals surface area contributed by atoms with E-state index in [1.165, 1.54) is 47.6 Å². The second-order valence-corrected chi connectivity index (χ2v) is 8.43. The number of allylic oxidation sites excluding steroid dienone is 1. The van der Waals surface area contributed by atoms with Crippen LogP contribution < -0.4 is 4.90 Å². The number of carbonyl (C=O) groups excluding carboxylic acids is 3. The normalized spacial score (nSPS) is 24.5. The number of nitrogens with zero attached hydrogens (tertiary/aromatic N) is 5. The molecule has 2 aromatic carbocycles. The molecule has 35 heavy (non-hydrogen) atoms. The number of nitro benzene ring substituents is 2. The molecule has 2 aromatic rings. The summed E-state index contributed by atoms with van der Waals surface area (Å²) in [5.41, 5.74) is 0.132. The SMILES string of the molecule is Cc1cc([N+](=O)[O-])ccc1N1C(=O)[C@@H]2[C@@H](C1=O)[C@@H]1C=CC=NN1[C@@H]2C(=O)c1cccc([N+](=O)[O-])c1. The van der Waals surface area contributed by atoms with Gasteiger partial charge >= 0.3 is 0 Å². The second-order valence-electron chi connectivity index (χ2n) is 8.43. The molecule has 3 aliphatic rings. The fraction of sp³-hybridized carbons (Fsp3) is 0.217. The third-order valence-electron chi connectivity index (χ3n) is 6.53. The molecule has 3 heterocycles. The Morgan fingerprint density at radius 2 is 1.66 bits per heavy atom. The first-order chi connectivity index (χ1) is 16.7. The average molecular weight is 475 g/mol. The van der Waals surface area contributed by atoms with Gasteiger partial charge in [0.25, 0.3) is 11.4 Å². The molecule has 0 aromatic heterocycles. The van der Waals surface area contributed by atoms with Crippen LogP contribution in [0, 0.1) is 39.0 Å². The van der Waals surface area contributed by atoms with Crippen molar-refractivity contribution in [1.29, 1.82) is 0 Å². The van der Waals surface area contributed by atoms with E-state index in [-0.39, 0.29) is 22.6 Å². The van der Waals surface area contributed by atoms with Gasteiger partial charge in [-0.15, -0.1) is 0 Å². The van der Waals surface area contributed by atoms with Crippen LogP contribution in [0.1, 0.15) is 15.9 Å². The summed E-state index contributed by atoms with van der Waals surface area (Å²) < 4.78 is 0. The molecule has 0 spiro atoms. The Morgan fingerprint density at radius 3 is 2.34 bits per heavy atom. The number of ketones is 1. The summed E-state index contributed by atoms with van der Waals surface area (Å²) in [5, 5.41) is 28.0. The third-order valence-corrected chi connectivity index (χ3v) is 6.53. The number of amides is 2. The molecule has 5 rings (SSSR count). The highest BCUT2D eigenvalue weighted by Gasteiger charge is 2.64. The summed E-state index contributed by atoms with van der Waals surface area (Å²) in [6.45, 7) is 1.56. The monoisotopic (exact) mass is 475 g/mol. The standard InChI is InChI=1S/C23H17N5O7/c1-12-10-15(28(34)35)7-8-16(12)25-22(30)18-17-6-3-9-24-26(17)20(19(18)23(25)31)21(29)13-4-2-5-14(11-13)27(32)33/h2-11,17-20H,1H3/t17-,18-,19+,20-/m0/s1. The predicted octanol–water partition coefficient (Wildman–Crippen LogP) is 2.41. The Kier molecular flexibility index (Phi) is 5.01. The molecular weight excluding hydrogens is 458 g/mol. The summed E-state index contributed by atoms with van der Waals surface area (Å²) in [6.07, 6.45) is 4.75. The summed E-state index contributed by atoms with van der Waals surface area (Å²) in [5.74, 6) is -3.74. The minimum absolute atomic E-state index is 0.0265. The summed E-state index contributed by atoms with van der Waals surface area (Å²) in [6, 6.07) is 7.17. The lowest BCUT2D eigenvalue weighted by Gasteiger charge is -2.30. The highest BCUT2D eigenvalue weighted by molar-refractivity contribution is 6.25. The van der Waals surface area contributed by atoms with Crippen molar-refractivity contribution >= 4 is 40.9 Å². The van der Waals surface area contributed by atoms with Crippen molar-refractivity contribution in [3.05, 3.63) is 86.0 Å². The zero-order valence-corrected chi connectivity index (χ0v) is 18.2. The van der Waals surface area contributed by atoms with Crippen LogP contribution >= 0.6 is 0 Å². The number of aryl methyl sites for hydroxylation is 1. The number of carbonyl (C=O) groups is 3. The Bertz CT molecular complexity index is 1380. The first kappa shape index (κ1) is 22.1. The fourth-order valence-corrected chi connectivity index (χ4v) is 5.02. The number of benzene rings is 2. The maximum Gasteiger partial charge on any atom is 0.270 e. The fourth-order valence-electron chi connectivity index (χ4n) is 5.02. The first-order valence-corrected chi connectivity index (χ1v) is 10.6. The van der Waals surface area contributed by atoms with Gasteiger partial charge in [0.05, 0.1) is 33.4 Å². The molecule has 12 heteroatoms. The summed E-state index contributed by atoms with van der Waals surface area (Å²) in [4.78, 5) is 62.8. The van der Waals surface area contributed by atoms with Crippen molar-refractivity contribution in [2.45, 2.75) is 19.0 Å². The van der Waals surface area contributed by atoms with Crippen molar-refractivity contribution in [2.75, 3.05) is 4.90 Å². The zero-order valence-electron chi connectivity index (χ0n) is 18.2. The highest BCUT2D eigenvalue weighted by atomic mass is 16.6. The molecule has 12 nitrogen and oxygen atoms in total. The van der Waals surface area contributed by atoms with E-state index in [9.17, 15) is 34.6 Å². The van der Waals surface area contributed by atoms with Crippen LogP contribution in [0.3, 0.4) is 0 Å². The summed E-state index contributed by atoms with van der Waals surface area (Å²) >= 11 is 0. The van der Waals surface area contributed by atoms with Gasteiger partial charge in [0.15, 0.2) is 5.78 Å². The van der Waals surface area contributed by atoms with E-state index >= 15 is 0 Å². The number of fused-ring (bicyclic) bond motifs is 3. The van der Waals surface area contributed by atoms with Gasteiger partial charge in [-0.3, -0.25) is 39.6 Å². The molecular formula is C23H17N5O7. The van der Waals surface area contributed by atoms with E-state index in [1.54, 1.807) is 19.1 Å². The van der Waals surface area contributed by atoms with Crippen LogP contribution in [-0.2, 0) is 9.59 Å². The average Bonchev–Trinajstić information content (AvgIpc) is 3.31. The molecule has 176 valence electrons. The van der Waals surface area contributed by atoms with Gasteiger partial charge in [-0.1, -0.05) is 18.2 Å². The van der Waals surface area contributed by atoms with Crippen LogP contribution in [-0.4, -0.2) is 50.8 Å². The Hall–Kier alpha value is -4.74.